The number of hydrogen-bond donors (Lipinski definition) is 2. The van der Waals surface area contributed by atoms with E-state index in [9.17, 15) is 4.79 Å². The van der Waals surface area contributed by atoms with Crippen molar-refractivity contribution in [2.24, 2.45) is 0 Å². The van der Waals surface area contributed by atoms with Gasteiger partial charge in [0, 0.05) is 31.6 Å². The number of amides is 1. The Morgan fingerprint density at radius 3 is 2.72 bits per heavy atom. The van der Waals surface area contributed by atoms with Crippen LogP contribution < -0.4 is 19.7 Å². The van der Waals surface area contributed by atoms with Gasteiger partial charge in [0.25, 0.3) is 0 Å². The van der Waals surface area contributed by atoms with Crippen molar-refractivity contribution in [3.8, 4) is 22.8 Å². The molecule has 1 atom stereocenters. The van der Waals surface area contributed by atoms with Gasteiger partial charge >= 0.3 is 0 Å². The Labute approximate surface area is 188 Å². The molecule has 2 aromatic carbocycles. The Hall–Kier alpha value is -3.48. The molecule has 0 spiro atoms. The maximum Gasteiger partial charge on any atom is 0.220 e. The normalized spacial score (nSPS) is 15.9. The molecule has 0 saturated carbocycles. The monoisotopic (exact) mass is 434 g/mol. The number of nitrogens with one attached hydrogen (secondary N) is 2. The highest BCUT2D eigenvalue weighted by molar-refractivity contribution is 5.76. The van der Waals surface area contributed by atoms with Crippen LogP contribution in [-0.2, 0) is 11.2 Å². The molecule has 1 aromatic heterocycles. The molecule has 2 heterocycles. The lowest BCUT2D eigenvalue weighted by Crippen LogP contribution is -2.48. The van der Waals surface area contributed by atoms with Gasteiger partial charge in [-0.1, -0.05) is 12.1 Å². The van der Waals surface area contributed by atoms with Crippen LogP contribution in [0.5, 0.6) is 11.5 Å². The van der Waals surface area contributed by atoms with Gasteiger partial charge < -0.3 is 19.7 Å². The number of anilines is 1. The average molecular weight is 435 g/mol. The van der Waals surface area contributed by atoms with Crippen LogP contribution in [0, 0.1) is 0 Å². The lowest BCUT2D eigenvalue weighted by molar-refractivity contribution is -0.121. The number of carbonyl (C=O) groups is 1. The first-order valence-electron chi connectivity index (χ1n) is 11.0. The molecule has 3 aromatic rings. The Morgan fingerprint density at radius 2 is 1.94 bits per heavy atom. The fraction of sp³-hybridized carbons (Fsp3) is 0.360. The molecule has 0 radical (unpaired) electrons. The summed E-state index contributed by atoms with van der Waals surface area (Å²) in [5.41, 5.74) is 3.13. The number of nitrogens with zero attached hydrogens (tertiary/aromatic N) is 2. The second-order valence-electron chi connectivity index (χ2n) is 8.07. The summed E-state index contributed by atoms with van der Waals surface area (Å²) in [5.74, 6) is 2.64. The Bertz CT molecular complexity index is 1030. The molecule has 1 amide bonds. The van der Waals surface area contributed by atoms with E-state index in [1.54, 1.807) is 14.2 Å². The molecule has 32 heavy (non-hydrogen) atoms. The molecule has 0 unspecified atom stereocenters. The van der Waals surface area contributed by atoms with Gasteiger partial charge in [0.1, 0.15) is 11.5 Å². The lowest BCUT2D eigenvalue weighted by Gasteiger charge is -2.33. The predicted molar refractivity (Wildman–Crippen MR) is 125 cm³/mol. The van der Waals surface area contributed by atoms with Crippen molar-refractivity contribution in [1.82, 2.24) is 15.5 Å². The highest BCUT2D eigenvalue weighted by Crippen LogP contribution is 2.25. The molecule has 4 rings (SSSR count). The molecule has 7 nitrogen and oxygen atoms in total. The van der Waals surface area contributed by atoms with Gasteiger partial charge in [0.2, 0.25) is 5.91 Å². The molecular weight excluding hydrogens is 404 g/mol. The molecule has 1 aliphatic heterocycles. The molecule has 0 aliphatic carbocycles. The van der Waals surface area contributed by atoms with Gasteiger partial charge in [0.05, 0.1) is 19.9 Å². The third kappa shape index (κ3) is 5.41. The van der Waals surface area contributed by atoms with Crippen molar-refractivity contribution in [3.63, 3.8) is 0 Å². The second kappa shape index (κ2) is 10.2. The Balaban J connectivity index is 1.31. The van der Waals surface area contributed by atoms with Crippen LogP contribution in [0.15, 0.2) is 54.6 Å². The van der Waals surface area contributed by atoms with Gasteiger partial charge in [-0.05, 0) is 66.8 Å². The summed E-state index contributed by atoms with van der Waals surface area (Å²) in [5, 5.41) is 10.8. The van der Waals surface area contributed by atoms with Gasteiger partial charge in [-0.25, -0.2) is 0 Å². The molecule has 2 N–H and O–H groups in total. The zero-order chi connectivity index (χ0) is 22.3. The maximum absolute atomic E-state index is 12.5. The summed E-state index contributed by atoms with van der Waals surface area (Å²) < 4.78 is 10.5. The Kier molecular flexibility index (Phi) is 6.94. The molecule has 1 aliphatic rings. The predicted octanol–water partition coefficient (Wildman–Crippen LogP) is 3.81. The third-order valence-electron chi connectivity index (χ3n) is 5.85. The number of ether oxygens (including phenoxy) is 2. The number of benzene rings is 2. The molecule has 7 heteroatoms. The van der Waals surface area contributed by atoms with Gasteiger partial charge in [-0.3, -0.25) is 9.89 Å². The van der Waals surface area contributed by atoms with E-state index in [0.717, 1.165) is 60.1 Å². The van der Waals surface area contributed by atoms with E-state index in [1.807, 2.05) is 48.5 Å². The standard InChI is InChI=1S/C25H30N4O3/c1-31-21-11-9-19(10-12-21)23-16-24(28-27-23)29-14-4-6-20(17-29)26-25(30)13-8-18-5-3-7-22(15-18)32-2/h3,5,7,9-12,15-16,20H,4,6,8,13-14,17H2,1-2H3,(H,26,30)(H,27,28)/t20-/m1/s1. The van der Waals surface area contributed by atoms with Crippen molar-refractivity contribution < 1.29 is 14.3 Å². The minimum atomic E-state index is 0.0839. The van der Waals surface area contributed by atoms with Crippen molar-refractivity contribution in [2.75, 3.05) is 32.2 Å². The van der Waals surface area contributed by atoms with E-state index in [0.29, 0.717) is 12.8 Å². The summed E-state index contributed by atoms with van der Waals surface area (Å²) in [4.78, 5) is 14.8. The van der Waals surface area contributed by atoms with Crippen LogP contribution >= 0.6 is 0 Å². The third-order valence-corrected chi connectivity index (χ3v) is 5.85. The van der Waals surface area contributed by atoms with Gasteiger partial charge in [0.15, 0.2) is 5.82 Å². The van der Waals surface area contributed by atoms with E-state index >= 15 is 0 Å². The smallest absolute Gasteiger partial charge is 0.220 e. The number of aromatic amines is 1. The van der Waals surface area contributed by atoms with Crippen molar-refractivity contribution in [3.05, 3.63) is 60.2 Å². The summed E-state index contributed by atoms with van der Waals surface area (Å²) in [7, 11) is 3.31. The van der Waals surface area contributed by atoms with Gasteiger partial charge in [-0.2, -0.15) is 5.10 Å². The molecular formula is C25H30N4O3. The molecule has 0 bridgehead atoms. The molecule has 168 valence electrons. The van der Waals surface area contributed by atoms with Gasteiger partial charge in [-0.15, -0.1) is 0 Å². The first-order valence-corrected chi connectivity index (χ1v) is 11.0. The highest BCUT2D eigenvalue weighted by Gasteiger charge is 2.23. The first-order chi connectivity index (χ1) is 15.6. The van der Waals surface area contributed by atoms with E-state index < -0.39 is 0 Å². The quantitative estimate of drug-likeness (QED) is 0.564. The van der Waals surface area contributed by atoms with E-state index in [1.165, 1.54) is 0 Å². The average Bonchev–Trinajstić information content (AvgIpc) is 3.33. The fourth-order valence-corrected chi connectivity index (χ4v) is 4.08. The number of aryl methyl sites for hydroxylation is 1. The van der Waals surface area contributed by atoms with Crippen molar-refractivity contribution in [2.45, 2.75) is 31.7 Å². The zero-order valence-corrected chi connectivity index (χ0v) is 18.6. The SMILES string of the molecule is COc1ccc(-c2cc(N3CCC[C@@H](NC(=O)CCc4cccc(OC)c4)C3)n[nH]2)cc1. The minimum Gasteiger partial charge on any atom is -0.497 e. The van der Waals surface area contributed by atoms with Crippen LogP contribution in [0.3, 0.4) is 0 Å². The molecule has 1 saturated heterocycles. The number of aromatic nitrogens is 2. The molecule has 1 fully saturated rings. The van der Waals surface area contributed by atoms with Crippen LogP contribution in [0.1, 0.15) is 24.8 Å². The summed E-state index contributed by atoms with van der Waals surface area (Å²) in [6.07, 6.45) is 3.17. The largest absolute Gasteiger partial charge is 0.497 e. The topological polar surface area (TPSA) is 79.5 Å². The van der Waals surface area contributed by atoms with Crippen LogP contribution in [0.25, 0.3) is 11.3 Å². The summed E-state index contributed by atoms with van der Waals surface area (Å²) in [6, 6.07) is 18.0. The fourth-order valence-electron chi connectivity index (χ4n) is 4.08. The maximum atomic E-state index is 12.5. The second-order valence-corrected chi connectivity index (χ2v) is 8.07. The number of piperidine rings is 1. The summed E-state index contributed by atoms with van der Waals surface area (Å²) >= 11 is 0. The van der Waals surface area contributed by atoms with E-state index in [2.05, 4.69) is 26.5 Å². The van der Waals surface area contributed by atoms with E-state index in [-0.39, 0.29) is 11.9 Å². The number of hydrogen-bond acceptors (Lipinski definition) is 5. The summed E-state index contributed by atoms with van der Waals surface area (Å²) in [6.45, 7) is 1.70. The first kappa shape index (κ1) is 21.7. The Morgan fingerprint density at radius 1 is 1.12 bits per heavy atom. The van der Waals surface area contributed by atoms with Crippen molar-refractivity contribution >= 4 is 11.7 Å². The van der Waals surface area contributed by atoms with E-state index in [4.69, 9.17) is 9.47 Å². The van der Waals surface area contributed by atoms with Crippen LogP contribution in [-0.4, -0.2) is 49.5 Å². The number of carbonyl (C=O) groups excluding carboxylic acids is 1. The number of methoxy groups -OCH3 is 2. The van der Waals surface area contributed by atoms with Crippen LogP contribution in [0.2, 0.25) is 0 Å². The highest BCUT2D eigenvalue weighted by atomic mass is 16.5. The number of rotatable bonds is 8. The minimum absolute atomic E-state index is 0.0839. The van der Waals surface area contributed by atoms with Crippen LogP contribution in [0.4, 0.5) is 5.82 Å². The lowest BCUT2D eigenvalue weighted by atomic mass is 10.0. The van der Waals surface area contributed by atoms with Crippen molar-refractivity contribution in [1.29, 1.82) is 0 Å². The number of H-pyrrole nitrogens is 1. The zero-order valence-electron chi connectivity index (χ0n) is 18.6.